The summed E-state index contributed by atoms with van der Waals surface area (Å²) in [5.41, 5.74) is 0.915. The molecule has 2 atom stereocenters. The third-order valence-corrected chi connectivity index (χ3v) is 3.65. The number of methoxy groups -OCH3 is 1. The molecule has 1 aromatic rings. The van der Waals surface area contributed by atoms with Crippen LogP contribution in [0.25, 0.3) is 0 Å². The van der Waals surface area contributed by atoms with Gasteiger partial charge in [-0.25, -0.2) is 0 Å². The highest BCUT2D eigenvalue weighted by Gasteiger charge is 2.16. The van der Waals surface area contributed by atoms with Crippen molar-refractivity contribution in [1.29, 1.82) is 0 Å². The smallest absolute Gasteiger partial charge is 0.309 e. The molecule has 0 N–H and O–H groups in total. The van der Waals surface area contributed by atoms with Gasteiger partial charge in [0.1, 0.15) is 0 Å². The van der Waals surface area contributed by atoms with Gasteiger partial charge in [-0.1, -0.05) is 6.92 Å². The van der Waals surface area contributed by atoms with E-state index in [9.17, 15) is 9.00 Å². The fourth-order valence-electron chi connectivity index (χ4n) is 1.34. The van der Waals surface area contributed by atoms with E-state index >= 15 is 0 Å². The molecule has 0 aliphatic carbocycles. The maximum Gasteiger partial charge on any atom is 0.309 e. The zero-order valence-electron chi connectivity index (χ0n) is 9.67. The molecule has 0 fully saturated rings. The number of esters is 1. The normalized spacial score (nSPS) is 14.4. The van der Waals surface area contributed by atoms with Crippen molar-refractivity contribution >= 4 is 16.8 Å². The molecule has 0 aromatic carbocycles. The van der Waals surface area contributed by atoms with Gasteiger partial charge < -0.3 is 4.74 Å². The maximum atomic E-state index is 11.7. The van der Waals surface area contributed by atoms with E-state index in [-0.39, 0.29) is 11.9 Å². The van der Waals surface area contributed by atoms with Crippen LogP contribution in [-0.2, 0) is 33.1 Å². The molecule has 0 spiro atoms. The number of aromatic nitrogens is 2. The monoisotopic (exact) mass is 244 g/mol. The van der Waals surface area contributed by atoms with Crippen LogP contribution in [0.3, 0.4) is 0 Å². The highest BCUT2D eigenvalue weighted by Crippen LogP contribution is 2.06. The fraction of sp³-hybridized carbons (Fsp3) is 0.600. The second-order valence-electron chi connectivity index (χ2n) is 3.70. The first-order chi connectivity index (χ1) is 7.52. The van der Waals surface area contributed by atoms with E-state index in [2.05, 4.69) is 9.84 Å². The highest BCUT2D eigenvalue weighted by atomic mass is 32.2. The lowest BCUT2D eigenvalue weighted by atomic mass is 10.2. The van der Waals surface area contributed by atoms with Gasteiger partial charge in [-0.2, -0.15) is 5.10 Å². The number of nitrogens with zero attached hydrogens (tertiary/aromatic N) is 2. The minimum Gasteiger partial charge on any atom is -0.469 e. The summed E-state index contributed by atoms with van der Waals surface area (Å²) in [7, 11) is 2.08. The van der Waals surface area contributed by atoms with E-state index in [4.69, 9.17) is 0 Å². The summed E-state index contributed by atoms with van der Waals surface area (Å²) in [4.78, 5) is 11.1. The molecule has 1 aromatic heterocycles. The molecule has 1 rings (SSSR count). The van der Waals surface area contributed by atoms with Crippen molar-refractivity contribution in [3.05, 3.63) is 18.0 Å². The molecule has 1 heterocycles. The molecule has 0 amide bonds. The molecule has 5 nitrogen and oxygen atoms in total. The lowest BCUT2D eigenvalue weighted by Gasteiger charge is -2.07. The lowest BCUT2D eigenvalue weighted by Crippen LogP contribution is -2.20. The van der Waals surface area contributed by atoms with Gasteiger partial charge in [0.2, 0.25) is 0 Å². The molecule has 6 heteroatoms. The van der Waals surface area contributed by atoms with E-state index < -0.39 is 10.8 Å². The molecule has 0 aliphatic heterocycles. The van der Waals surface area contributed by atoms with Crippen LogP contribution in [-0.4, -0.2) is 32.8 Å². The Kier molecular flexibility index (Phi) is 4.67. The van der Waals surface area contributed by atoms with Crippen LogP contribution in [0, 0.1) is 5.92 Å². The molecular formula is C10H16N2O3S. The Bertz CT molecular complexity index is 389. The summed E-state index contributed by atoms with van der Waals surface area (Å²) >= 11 is 0. The zero-order valence-corrected chi connectivity index (χ0v) is 10.5. The Morgan fingerprint density at radius 2 is 2.38 bits per heavy atom. The van der Waals surface area contributed by atoms with Crippen LogP contribution < -0.4 is 0 Å². The summed E-state index contributed by atoms with van der Waals surface area (Å²) in [5.74, 6) is 0.0959. The third kappa shape index (κ3) is 3.77. The predicted molar refractivity (Wildman–Crippen MR) is 61.1 cm³/mol. The molecule has 2 unspecified atom stereocenters. The van der Waals surface area contributed by atoms with E-state index in [0.717, 1.165) is 5.56 Å². The van der Waals surface area contributed by atoms with E-state index in [0.29, 0.717) is 11.5 Å². The first-order valence-electron chi connectivity index (χ1n) is 4.93. The molecule has 90 valence electrons. The minimum absolute atomic E-state index is 0.320. The van der Waals surface area contributed by atoms with Crippen LogP contribution >= 0.6 is 0 Å². The maximum absolute atomic E-state index is 11.7. The van der Waals surface area contributed by atoms with Crippen LogP contribution in [0.15, 0.2) is 12.4 Å². The van der Waals surface area contributed by atoms with Crippen molar-refractivity contribution in [2.45, 2.75) is 12.7 Å². The summed E-state index contributed by atoms with van der Waals surface area (Å²) in [6.45, 7) is 1.72. The molecule has 0 saturated carbocycles. The Balaban J connectivity index is 2.45. The Labute approximate surface area is 97.2 Å². The zero-order chi connectivity index (χ0) is 12.1. The van der Waals surface area contributed by atoms with Crippen molar-refractivity contribution in [2.24, 2.45) is 13.0 Å². The summed E-state index contributed by atoms with van der Waals surface area (Å²) < 4.78 is 18.0. The minimum atomic E-state index is -1.06. The molecule has 0 saturated heterocycles. The van der Waals surface area contributed by atoms with Crippen molar-refractivity contribution in [2.75, 3.05) is 12.9 Å². The SMILES string of the molecule is COC(=O)C(C)CS(=O)Cc1cnn(C)c1. The highest BCUT2D eigenvalue weighted by molar-refractivity contribution is 7.84. The number of carbonyl (C=O) groups excluding carboxylic acids is 1. The van der Waals surface area contributed by atoms with E-state index in [1.54, 1.807) is 17.8 Å². The number of hydrogen-bond acceptors (Lipinski definition) is 4. The largest absolute Gasteiger partial charge is 0.469 e. The standard InChI is InChI=1S/C10H16N2O3S/c1-8(10(13)15-3)6-16(14)7-9-4-11-12(2)5-9/h4-5,8H,6-7H2,1-3H3. The van der Waals surface area contributed by atoms with Gasteiger partial charge in [-0.15, -0.1) is 0 Å². The Morgan fingerprint density at radius 1 is 1.69 bits per heavy atom. The number of carbonyl (C=O) groups is 1. The van der Waals surface area contributed by atoms with Gasteiger partial charge >= 0.3 is 5.97 Å². The Hall–Kier alpha value is -1.17. The average Bonchev–Trinajstić information content (AvgIpc) is 2.62. The van der Waals surface area contributed by atoms with Crippen LogP contribution in [0.2, 0.25) is 0 Å². The molecule has 16 heavy (non-hydrogen) atoms. The summed E-state index contributed by atoms with van der Waals surface area (Å²) in [6.07, 6.45) is 3.50. The summed E-state index contributed by atoms with van der Waals surface area (Å²) in [6, 6.07) is 0. The van der Waals surface area contributed by atoms with Gasteiger partial charge in [0.15, 0.2) is 0 Å². The van der Waals surface area contributed by atoms with Crippen molar-refractivity contribution in [1.82, 2.24) is 9.78 Å². The first-order valence-corrected chi connectivity index (χ1v) is 6.42. The van der Waals surface area contributed by atoms with Crippen LogP contribution in [0.1, 0.15) is 12.5 Å². The second kappa shape index (κ2) is 5.79. The molecule has 0 radical (unpaired) electrons. The first kappa shape index (κ1) is 12.9. The number of ether oxygens (including phenoxy) is 1. The van der Waals surface area contributed by atoms with Crippen molar-refractivity contribution in [3.63, 3.8) is 0 Å². The Morgan fingerprint density at radius 3 is 2.88 bits per heavy atom. The molecule has 0 bridgehead atoms. The van der Waals surface area contributed by atoms with E-state index in [1.807, 2.05) is 13.2 Å². The average molecular weight is 244 g/mol. The van der Waals surface area contributed by atoms with E-state index in [1.165, 1.54) is 7.11 Å². The molecule has 0 aliphatic rings. The van der Waals surface area contributed by atoms with Gasteiger partial charge in [0.25, 0.3) is 0 Å². The van der Waals surface area contributed by atoms with Crippen molar-refractivity contribution in [3.8, 4) is 0 Å². The topological polar surface area (TPSA) is 61.2 Å². The third-order valence-electron chi connectivity index (χ3n) is 2.13. The second-order valence-corrected chi connectivity index (χ2v) is 5.20. The summed E-state index contributed by atoms with van der Waals surface area (Å²) in [5, 5.41) is 3.99. The van der Waals surface area contributed by atoms with Gasteiger partial charge in [0.05, 0.1) is 25.0 Å². The van der Waals surface area contributed by atoms with Gasteiger partial charge in [-0.3, -0.25) is 13.7 Å². The number of rotatable bonds is 5. The van der Waals surface area contributed by atoms with Crippen molar-refractivity contribution < 1.29 is 13.7 Å². The number of hydrogen-bond donors (Lipinski definition) is 0. The van der Waals surface area contributed by atoms with Gasteiger partial charge in [0, 0.05) is 35.4 Å². The predicted octanol–water partition coefficient (Wildman–Crippen LogP) is 0.478. The van der Waals surface area contributed by atoms with Gasteiger partial charge in [-0.05, 0) is 0 Å². The van der Waals surface area contributed by atoms with Crippen LogP contribution in [0.4, 0.5) is 0 Å². The fourth-order valence-corrected chi connectivity index (χ4v) is 2.67. The lowest BCUT2D eigenvalue weighted by molar-refractivity contribution is -0.144. The quantitative estimate of drug-likeness (QED) is 0.707. The number of aryl methyl sites for hydroxylation is 1. The van der Waals surface area contributed by atoms with Crippen LogP contribution in [0.5, 0.6) is 0 Å². The molecular weight excluding hydrogens is 228 g/mol.